The minimum Gasteiger partial charge on any atom is -0.352 e. The van der Waals surface area contributed by atoms with E-state index in [1.807, 2.05) is 19.3 Å². The third-order valence-corrected chi connectivity index (χ3v) is 3.87. The van der Waals surface area contributed by atoms with E-state index in [2.05, 4.69) is 21.8 Å². The molecule has 1 fully saturated rings. The molecule has 3 aliphatic heterocycles. The van der Waals surface area contributed by atoms with E-state index < -0.39 is 0 Å². The minimum atomic E-state index is -0.196. The van der Waals surface area contributed by atoms with Gasteiger partial charge in [0.25, 0.3) is 0 Å². The van der Waals surface area contributed by atoms with Gasteiger partial charge in [-0.1, -0.05) is 6.08 Å². The first-order valence-electron chi connectivity index (χ1n) is 6.83. The zero-order valence-corrected chi connectivity index (χ0v) is 11.6. The molecule has 6 nitrogen and oxygen atoms in total. The molecule has 2 N–H and O–H groups in total. The van der Waals surface area contributed by atoms with E-state index in [-0.39, 0.29) is 29.9 Å². The minimum absolute atomic E-state index is 0.0288. The Balaban J connectivity index is 2.00. The van der Waals surface area contributed by atoms with Crippen LogP contribution in [-0.4, -0.2) is 35.2 Å². The Kier molecular flexibility index (Phi) is 3.08. The summed E-state index contributed by atoms with van der Waals surface area (Å²) in [5, 5.41) is 4.70. The van der Waals surface area contributed by atoms with Gasteiger partial charge in [-0.25, -0.2) is 0 Å². The summed E-state index contributed by atoms with van der Waals surface area (Å²) in [5.74, 6) is 0.0648. The van der Waals surface area contributed by atoms with Crippen LogP contribution in [0.2, 0.25) is 0 Å². The van der Waals surface area contributed by atoms with E-state index in [0.717, 1.165) is 17.6 Å². The highest BCUT2D eigenvalue weighted by Gasteiger charge is 2.41. The van der Waals surface area contributed by atoms with Crippen molar-refractivity contribution in [3.63, 3.8) is 0 Å². The second-order valence-electron chi connectivity index (χ2n) is 5.44. The predicted molar refractivity (Wildman–Crippen MR) is 74.4 cm³/mol. The van der Waals surface area contributed by atoms with Gasteiger partial charge in [-0.3, -0.25) is 25.0 Å². The predicted octanol–water partition coefficient (Wildman–Crippen LogP) is 0.489. The van der Waals surface area contributed by atoms with Gasteiger partial charge >= 0.3 is 0 Å². The Bertz CT molecular complexity index is 549. The lowest BCUT2D eigenvalue weighted by Gasteiger charge is -2.44. The number of hydrazine groups is 1. The molecule has 0 radical (unpaired) electrons. The molecule has 106 valence electrons. The van der Waals surface area contributed by atoms with Gasteiger partial charge in [-0.05, 0) is 18.1 Å². The number of fused-ring (bicyclic) bond motifs is 3. The number of carbonyl (C=O) groups is 2. The molecule has 20 heavy (non-hydrogen) atoms. The molecular weight excluding hydrogens is 256 g/mol. The summed E-state index contributed by atoms with van der Waals surface area (Å²) in [5.41, 5.74) is 4.97. The normalized spacial score (nSPS) is 31.6. The molecule has 3 unspecified atom stereocenters. The van der Waals surface area contributed by atoms with Crippen LogP contribution in [-0.2, 0) is 9.59 Å². The Morgan fingerprint density at radius 2 is 2.35 bits per heavy atom. The molecule has 2 amide bonds. The first-order chi connectivity index (χ1) is 9.56. The number of nitrogens with zero attached hydrogens (tertiary/aromatic N) is 2. The van der Waals surface area contributed by atoms with E-state index in [1.54, 1.807) is 5.01 Å². The van der Waals surface area contributed by atoms with Crippen LogP contribution in [0.3, 0.4) is 0 Å². The fraction of sp³-hybridized carbons (Fsp3) is 0.500. The second-order valence-corrected chi connectivity index (χ2v) is 5.44. The summed E-state index contributed by atoms with van der Waals surface area (Å²) in [4.78, 5) is 27.5. The van der Waals surface area contributed by atoms with Crippen molar-refractivity contribution in [1.29, 1.82) is 0 Å². The Morgan fingerprint density at radius 3 is 3.10 bits per heavy atom. The van der Waals surface area contributed by atoms with Crippen LogP contribution in [0.1, 0.15) is 26.7 Å². The van der Waals surface area contributed by atoms with Crippen molar-refractivity contribution in [3.8, 4) is 0 Å². The van der Waals surface area contributed by atoms with Gasteiger partial charge in [0.2, 0.25) is 11.8 Å². The number of dihydropyridines is 1. The molecule has 0 saturated carbocycles. The van der Waals surface area contributed by atoms with Gasteiger partial charge in [0.05, 0.1) is 6.42 Å². The van der Waals surface area contributed by atoms with Crippen molar-refractivity contribution in [2.24, 2.45) is 10.9 Å². The fourth-order valence-corrected chi connectivity index (χ4v) is 3.22. The van der Waals surface area contributed by atoms with Crippen molar-refractivity contribution in [1.82, 2.24) is 15.8 Å². The Morgan fingerprint density at radius 1 is 1.55 bits per heavy atom. The maximum Gasteiger partial charge on any atom is 0.235 e. The molecule has 3 rings (SSSR count). The first kappa shape index (κ1) is 12.9. The van der Waals surface area contributed by atoms with Gasteiger partial charge in [0, 0.05) is 37.7 Å². The highest BCUT2D eigenvalue weighted by atomic mass is 16.2. The van der Waals surface area contributed by atoms with E-state index in [0.29, 0.717) is 6.42 Å². The lowest BCUT2D eigenvalue weighted by Crippen LogP contribution is -2.54. The smallest absolute Gasteiger partial charge is 0.235 e. The quantitative estimate of drug-likeness (QED) is 0.683. The highest BCUT2D eigenvalue weighted by molar-refractivity contribution is 5.81. The Labute approximate surface area is 117 Å². The molecule has 3 aliphatic rings. The zero-order valence-electron chi connectivity index (χ0n) is 11.6. The third-order valence-electron chi connectivity index (χ3n) is 3.87. The first-order valence-corrected chi connectivity index (χ1v) is 6.83. The standard InChI is InChI=1S/C14H18N4O2/c1-8-13-10(6-12(20)16-8)7-18(17-9(2)19)14-11(13)4-3-5-15-14/h4-5,7-8,13-14H,3,6H2,1-2H3,(H,16,20)(H,17,19). The summed E-state index contributed by atoms with van der Waals surface area (Å²) in [6.07, 6.45) is 6.85. The summed E-state index contributed by atoms with van der Waals surface area (Å²) in [6.45, 7) is 3.48. The number of piperidine rings is 1. The molecule has 1 saturated heterocycles. The summed E-state index contributed by atoms with van der Waals surface area (Å²) < 4.78 is 0. The largest absolute Gasteiger partial charge is 0.352 e. The topological polar surface area (TPSA) is 73.8 Å². The van der Waals surface area contributed by atoms with Crippen LogP contribution >= 0.6 is 0 Å². The molecule has 0 aromatic heterocycles. The maximum atomic E-state index is 11.7. The SMILES string of the molecule is CC(=O)NN1C=C2CC(=O)NC(C)C2C2=CCC=NC21. The molecule has 0 aliphatic carbocycles. The van der Waals surface area contributed by atoms with Crippen LogP contribution in [0.5, 0.6) is 0 Å². The molecule has 0 aromatic carbocycles. The van der Waals surface area contributed by atoms with Crippen LogP contribution < -0.4 is 10.7 Å². The van der Waals surface area contributed by atoms with Crippen LogP contribution in [0.25, 0.3) is 0 Å². The van der Waals surface area contributed by atoms with E-state index in [9.17, 15) is 9.59 Å². The molecule has 3 heterocycles. The summed E-state index contributed by atoms with van der Waals surface area (Å²) in [6, 6.07) is 0.0593. The number of aliphatic imine (C=N–C) groups is 1. The van der Waals surface area contributed by atoms with Crippen molar-refractivity contribution in [2.45, 2.75) is 38.9 Å². The van der Waals surface area contributed by atoms with Crippen molar-refractivity contribution in [3.05, 3.63) is 23.4 Å². The number of nitrogens with one attached hydrogen (secondary N) is 2. The van der Waals surface area contributed by atoms with Crippen molar-refractivity contribution in [2.75, 3.05) is 0 Å². The number of hydrogen-bond donors (Lipinski definition) is 2. The average Bonchev–Trinajstić information content (AvgIpc) is 2.37. The third kappa shape index (κ3) is 2.11. The molecule has 6 heteroatoms. The van der Waals surface area contributed by atoms with E-state index in [4.69, 9.17) is 0 Å². The molecule has 0 spiro atoms. The molecule has 0 bridgehead atoms. The molecular formula is C14H18N4O2. The Hall–Kier alpha value is -2.11. The van der Waals surface area contributed by atoms with E-state index >= 15 is 0 Å². The number of carbonyl (C=O) groups excluding carboxylic acids is 2. The lowest BCUT2D eigenvalue weighted by molar-refractivity contribution is -0.123. The second kappa shape index (κ2) is 4.77. The van der Waals surface area contributed by atoms with Crippen molar-refractivity contribution >= 4 is 18.0 Å². The van der Waals surface area contributed by atoms with Crippen LogP contribution in [0.4, 0.5) is 0 Å². The number of allylic oxidation sites excluding steroid dienone is 1. The summed E-state index contributed by atoms with van der Waals surface area (Å²) >= 11 is 0. The van der Waals surface area contributed by atoms with Gasteiger partial charge < -0.3 is 5.32 Å². The van der Waals surface area contributed by atoms with Crippen LogP contribution in [0, 0.1) is 5.92 Å². The molecule has 3 atom stereocenters. The number of rotatable bonds is 1. The van der Waals surface area contributed by atoms with Gasteiger partial charge in [0.15, 0.2) is 6.17 Å². The van der Waals surface area contributed by atoms with Gasteiger partial charge in [-0.2, -0.15) is 0 Å². The lowest BCUT2D eigenvalue weighted by atomic mass is 9.77. The van der Waals surface area contributed by atoms with Gasteiger partial charge in [-0.15, -0.1) is 0 Å². The van der Waals surface area contributed by atoms with Crippen LogP contribution in [0.15, 0.2) is 28.4 Å². The van der Waals surface area contributed by atoms with E-state index in [1.165, 1.54) is 6.92 Å². The average molecular weight is 274 g/mol. The number of hydrogen-bond acceptors (Lipinski definition) is 4. The fourth-order valence-electron chi connectivity index (χ4n) is 3.22. The highest BCUT2D eigenvalue weighted by Crippen LogP contribution is 2.38. The van der Waals surface area contributed by atoms with Crippen molar-refractivity contribution < 1.29 is 9.59 Å². The zero-order chi connectivity index (χ0) is 14.3. The maximum absolute atomic E-state index is 11.7. The number of amides is 2. The summed E-state index contributed by atoms with van der Waals surface area (Å²) in [7, 11) is 0. The monoisotopic (exact) mass is 274 g/mol. The van der Waals surface area contributed by atoms with Gasteiger partial charge in [0.1, 0.15) is 0 Å². The molecule has 0 aromatic rings.